The molecule has 5 nitrogen and oxygen atoms in total. The van der Waals surface area contributed by atoms with E-state index in [-0.39, 0.29) is 5.56 Å². The van der Waals surface area contributed by atoms with Gasteiger partial charge in [0.2, 0.25) is 0 Å². The number of carbonyl (C=O) groups is 1. The van der Waals surface area contributed by atoms with Gasteiger partial charge in [0.1, 0.15) is 5.82 Å². The Kier molecular flexibility index (Phi) is 5.11. The van der Waals surface area contributed by atoms with Crippen LogP contribution in [0, 0.1) is 5.82 Å². The van der Waals surface area contributed by atoms with Gasteiger partial charge < -0.3 is 10.6 Å². The predicted molar refractivity (Wildman–Crippen MR) is 93.9 cm³/mol. The molecule has 0 unspecified atom stereocenters. The molecule has 0 atom stereocenters. The summed E-state index contributed by atoms with van der Waals surface area (Å²) in [6.07, 6.45) is 0.966. The molecular weight excluding hydrogens is 327 g/mol. The molecule has 0 radical (unpaired) electrons. The molecule has 1 amide bonds. The molecule has 2 aromatic rings. The highest BCUT2D eigenvalue weighted by atomic mass is 32.1. The summed E-state index contributed by atoms with van der Waals surface area (Å²) in [7, 11) is 0. The summed E-state index contributed by atoms with van der Waals surface area (Å²) < 4.78 is 13.9. The fourth-order valence-corrected chi connectivity index (χ4v) is 3.72. The van der Waals surface area contributed by atoms with Crippen LogP contribution in [-0.4, -0.2) is 42.0 Å². The van der Waals surface area contributed by atoms with Crippen LogP contribution in [0.15, 0.2) is 23.6 Å². The fourth-order valence-electron chi connectivity index (χ4n) is 2.98. The lowest BCUT2D eigenvalue weighted by atomic mass is 10.1. The number of halogens is 1. The van der Waals surface area contributed by atoms with E-state index in [2.05, 4.69) is 22.2 Å². The molecule has 1 aliphatic heterocycles. The number of piperazine rings is 1. The van der Waals surface area contributed by atoms with Crippen LogP contribution in [-0.2, 0) is 13.0 Å². The molecule has 3 rings (SSSR count). The number of nitrogens with two attached hydrogens (primary N) is 1. The number of hydrogen-bond acceptors (Lipinski definition) is 5. The minimum atomic E-state index is -0.722. The minimum Gasteiger partial charge on any atom is -0.368 e. The summed E-state index contributed by atoms with van der Waals surface area (Å²) in [6.45, 7) is 6.08. The van der Waals surface area contributed by atoms with Crippen molar-refractivity contribution < 1.29 is 9.18 Å². The average molecular weight is 348 g/mol. The maximum atomic E-state index is 13.9. The molecular formula is C17H21FN4OS. The number of primary amides is 1. The summed E-state index contributed by atoms with van der Waals surface area (Å²) in [4.78, 5) is 20.5. The van der Waals surface area contributed by atoms with Gasteiger partial charge in [0.15, 0.2) is 0 Å². The molecule has 24 heavy (non-hydrogen) atoms. The SMILES string of the molecule is CCc1nc(CN2CCN(c3cccc(F)c3C(N)=O)CC2)cs1. The molecule has 1 aromatic heterocycles. The van der Waals surface area contributed by atoms with Crippen molar-refractivity contribution in [3.05, 3.63) is 45.7 Å². The number of hydrogen-bond donors (Lipinski definition) is 1. The van der Waals surface area contributed by atoms with E-state index in [1.165, 1.54) is 6.07 Å². The fraction of sp³-hybridized carbons (Fsp3) is 0.412. The third kappa shape index (κ3) is 3.57. The van der Waals surface area contributed by atoms with Crippen LogP contribution < -0.4 is 10.6 Å². The van der Waals surface area contributed by atoms with Crippen LogP contribution in [0.3, 0.4) is 0 Å². The van der Waals surface area contributed by atoms with E-state index in [9.17, 15) is 9.18 Å². The summed E-state index contributed by atoms with van der Waals surface area (Å²) in [5.41, 5.74) is 7.02. The molecule has 0 aliphatic carbocycles. The summed E-state index contributed by atoms with van der Waals surface area (Å²) >= 11 is 1.70. The van der Waals surface area contributed by atoms with Crippen LogP contribution >= 0.6 is 11.3 Å². The highest BCUT2D eigenvalue weighted by Gasteiger charge is 2.23. The van der Waals surface area contributed by atoms with Crippen LogP contribution in [0.1, 0.15) is 28.0 Å². The number of nitrogens with zero attached hydrogens (tertiary/aromatic N) is 3. The monoisotopic (exact) mass is 348 g/mol. The largest absolute Gasteiger partial charge is 0.368 e. The highest BCUT2D eigenvalue weighted by molar-refractivity contribution is 7.09. The third-order valence-corrected chi connectivity index (χ3v) is 5.28. The van der Waals surface area contributed by atoms with Gasteiger partial charge in [-0.2, -0.15) is 0 Å². The Morgan fingerprint density at radius 1 is 1.33 bits per heavy atom. The van der Waals surface area contributed by atoms with Crippen LogP contribution in [0.2, 0.25) is 0 Å². The van der Waals surface area contributed by atoms with Crippen LogP contribution in [0.25, 0.3) is 0 Å². The number of carbonyl (C=O) groups excluding carboxylic acids is 1. The van der Waals surface area contributed by atoms with Gasteiger partial charge in [0, 0.05) is 38.1 Å². The molecule has 0 spiro atoms. The molecule has 1 fully saturated rings. The lowest BCUT2D eigenvalue weighted by Crippen LogP contribution is -2.46. The topological polar surface area (TPSA) is 62.5 Å². The first-order valence-electron chi connectivity index (χ1n) is 8.07. The second kappa shape index (κ2) is 7.27. The van der Waals surface area contributed by atoms with Crippen molar-refractivity contribution in [3.8, 4) is 0 Å². The molecule has 2 heterocycles. The Bertz CT molecular complexity index is 725. The molecule has 0 saturated carbocycles. The van der Waals surface area contributed by atoms with Gasteiger partial charge in [-0.1, -0.05) is 13.0 Å². The van der Waals surface area contributed by atoms with Gasteiger partial charge in [0.05, 0.1) is 22.0 Å². The van der Waals surface area contributed by atoms with Crippen molar-refractivity contribution in [3.63, 3.8) is 0 Å². The van der Waals surface area contributed by atoms with Gasteiger partial charge in [0.25, 0.3) is 5.91 Å². The first-order chi connectivity index (χ1) is 11.6. The quantitative estimate of drug-likeness (QED) is 0.900. The number of aryl methyl sites for hydroxylation is 1. The van der Waals surface area contributed by atoms with E-state index in [0.29, 0.717) is 5.69 Å². The van der Waals surface area contributed by atoms with Gasteiger partial charge in [-0.05, 0) is 18.6 Å². The summed E-state index contributed by atoms with van der Waals surface area (Å²) in [5, 5.41) is 3.28. The minimum absolute atomic E-state index is 0.0157. The number of benzene rings is 1. The van der Waals surface area contributed by atoms with Crippen molar-refractivity contribution >= 4 is 22.9 Å². The number of anilines is 1. The Labute approximate surface area is 144 Å². The first kappa shape index (κ1) is 16.9. The zero-order valence-corrected chi connectivity index (χ0v) is 14.5. The normalized spacial score (nSPS) is 15.7. The van der Waals surface area contributed by atoms with Crippen LogP contribution in [0.5, 0.6) is 0 Å². The molecule has 1 aromatic carbocycles. The van der Waals surface area contributed by atoms with E-state index in [4.69, 9.17) is 5.73 Å². The van der Waals surface area contributed by atoms with Crippen LogP contribution in [0.4, 0.5) is 10.1 Å². The Balaban J connectivity index is 1.65. The van der Waals surface area contributed by atoms with Crippen molar-refractivity contribution in [2.24, 2.45) is 5.73 Å². The van der Waals surface area contributed by atoms with Crippen molar-refractivity contribution in [2.45, 2.75) is 19.9 Å². The first-order valence-corrected chi connectivity index (χ1v) is 8.95. The Morgan fingerprint density at radius 3 is 2.71 bits per heavy atom. The highest BCUT2D eigenvalue weighted by Crippen LogP contribution is 2.24. The molecule has 2 N–H and O–H groups in total. The van der Waals surface area contributed by atoms with E-state index < -0.39 is 11.7 Å². The second-order valence-corrected chi connectivity index (χ2v) is 6.79. The van der Waals surface area contributed by atoms with Crippen molar-refractivity contribution in [1.82, 2.24) is 9.88 Å². The number of amides is 1. The number of aromatic nitrogens is 1. The lowest BCUT2D eigenvalue weighted by Gasteiger charge is -2.36. The van der Waals surface area contributed by atoms with Crippen molar-refractivity contribution in [1.29, 1.82) is 0 Å². The second-order valence-electron chi connectivity index (χ2n) is 5.85. The Hall–Kier alpha value is -1.99. The zero-order valence-electron chi connectivity index (χ0n) is 13.7. The van der Waals surface area contributed by atoms with E-state index in [0.717, 1.165) is 49.8 Å². The predicted octanol–water partition coefficient (Wildman–Crippen LogP) is 2.27. The molecule has 7 heteroatoms. The maximum absolute atomic E-state index is 13.9. The third-order valence-electron chi connectivity index (χ3n) is 4.24. The van der Waals surface area contributed by atoms with Gasteiger partial charge in [-0.15, -0.1) is 11.3 Å². The molecule has 0 bridgehead atoms. The molecule has 128 valence electrons. The van der Waals surface area contributed by atoms with Gasteiger partial charge in [-0.3, -0.25) is 9.69 Å². The van der Waals surface area contributed by atoms with E-state index in [1.807, 2.05) is 4.90 Å². The number of thiazole rings is 1. The standard InChI is InChI=1S/C17H21FN4OS/c1-2-15-20-12(11-24-15)10-21-6-8-22(9-7-21)14-5-3-4-13(18)16(14)17(19)23/h3-5,11H,2,6-10H2,1H3,(H2,19,23). The van der Waals surface area contributed by atoms with Crippen molar-refractivity contribution in [2.75, 3.05) is 31.1 Å². The Morgan fingerprint density at radius 2 is 2.08 bits per heavy atom. The average Bonchev–Trinajstić information content (AvgIpc) is 3.02. The summed E-state index contributed by atoms with van der Waals surface area (Å²) in [5.74, 6) is -1.28. The lowest BCUT2D eigenvalue weighted by molar-refractivity contribution is 0.0996. The number of rotatable bonds is 5. The van der Waals surface area contributed by atoms with Gasteiger partial charge in [-0.25, -0.2) is 9.37 Å². The smallest absolute Gasteiger partial charge is 0.253 e. The summed E-state index contributed by atoms with van der Waals surface area (Å²) in [6, 6.07) is 4.64. The van der Waals surface area contributed by atoms with E-state index in [1.54, 1.807) is 23.5 Å². The maximum Gasteiger partial charge on any atom is 0.253 e. The molecule has 1 saturated heterocycles. The zero-order chi connectivity index (χ0) is 17.1. The molecule has 1 aliphatic rings. The van der Waals surface area contributed by atoms with E-state index >= 15 is 0 Å². The van der Waals surface area contributed by atoms with Gasteiger partial charge >= 0.3 is 0 Å².